The van der Waals surface area contributed by atoms with Crippen molar-refractivity contribution in [2.24, 2.45) is 0 Å². The monoisotopic (exact) mass is 441 g/mol. The predicted octanol–water partition coefficient (Wildman–Crippen LogP) is 4.56. The smallest absolute Gasteiger partial charge is 0.261 e. The average molecular weight is 442 g/mol. The van der Waals surface area contributed by atoms with Crippen LogP contribution in [0.25, 0.3) is 0 Å². The number of H-pyrrole nitrogens is 1. The van der Waals surface area contributed by atoms with Gasteiger partial charge in [-0.15, -0.1) is 0 Å². The lowest BCUT2D eigenvalue weighted by molar-refractivity contribution is 0.0931. The molecule has 0 radical (unpaired) electrons. The minimum absolute atomic E-state index is 0.0348. The maximum atomic E-state index is 12.9. The number of aromatic nitrogens is 1. The molecule has 5 rings (SSSR count). The van der Waals surface area contributed by atoms with Crippen LogP contribution in [0.3, 0.4) is 0 Å². The number of carbonyl (C=O) groups excluding carboxylic acids is 1. The van der Waals surface area contributed by atoms with E-state index in [4.69, 9.17) is 0 Å². The molecule has 1 saturated heterocycles. The summed E-state index contributed by atoms with van der Waals surface area (Å²) in [6.07, 6.45) is 5.23. The van der Waals surface area contributed by atoms with Gasteiger partial charge in [0.2, 0.25) is 0 Å². The van der Waals surface area contributed by atoms with Crippen molar-refractivity contribution in [2.45, 2.75) is 50.6 Å². The van der Waals surface area contributed by atoms with E-state index in [0.717, 1.165) is 50.9 Å². The molecule has 2 heterocycles. The summed E-state index contributed by atoms with van der Waals surface area (Å²) in [6, 6.07) is 22.5. The first kappa shape index (κ1) is 21.7. The first-order chi connectivity index (χ1) is 16.2. The topological polar surface area (TPSA) is 65.2 Å². The van der Waals surface area contributed by atoms with Crippen molar-refractivity contribution < 1.29 is 4.79 Å². The van der Waals surface area contributed by atoms with E-state index in [1.807, 2.05) is 18.2 Å². The standard InChI is InChI=1S/C28H31N3O2/c32-27-25(28(33)30-26-12-6-10-22-9-4-5-11-24(22)26)14-13-23(29-27)19-31-17-15-21(16-18-31)20-7-2-1-3-8-20/h1-5,7-9,11,13-14,21,26H,6,10,12,15-19H2,(H,29,32)(H,30,33). The number of carbonyl (C=O) groups is 1. The molecule has 1 aromatic heterocycles. The zero-order valence-electron chi connectivity index (χ0n) is 18.9. The van der Waals surface area contributed by atoms with Crippen molar-refractivity contribution in [3.63, 3.8) is 0 Å². The molecule has 2 aromatic carbocycles. The molecule has 0 saturated carbocycles. The lowest BCUT2D eigenvalue weighted by atomic mass is 9.87. The highest BCUT2D eigenvalue weighted by Crippen LogP contribution is 2.30. The van der Waals surface area contributed by atoms with E-state index in [2.05, 4.69) is 57.7 Å². The fourth-order valence-electron chi connectivity index (χ4n) is 5.32. The Balaban J connectivity index is 1.20. The van der Waals surface area contributed by atoms with Gasteiger partial charge in [0.1, 0.15) is 5.56 Å². The van der Waals surface area contributed by atoms with Crippen LogP contribution >= 0.6 is 0 Å². The zero-order chi connectivity index (χ0) is 22.6. The van der Waals surface area contributed by atoms with E-state index in [0.29, 0.717) is 12.5 Å². The van der Waals surface area contributed by atoms with Crippen LogP contribution in [0, 0.1) is 0 Å². The van der Waals surface area contributed by atoms with Gasteiger partial charge in [-0.25, -0.2) is 0 Å². The molecule has 5 heteroatoms. The number of likely N-dealkylation sites (tertiary alicyclic amines) is 1. The van der Waals surface area contributed by atoms with E-state index in [1.54, 1.807) is 6.07 Å². The molecular formula is C28H31N3O2. The number of aromatic amines is 1. The molecule has 3 aromatic rings. The predicted molar refractivity (Wildman–Crippen MR) is 130 cm³/mol. The molecule has 5 nitrogen and oxygen atoms in total. The number of nitrogens with one attached hydrogen (secondary N) is 2. The molecule has 0 bridgehead atoms. The summed E-state index contributed by atoms with van der Waals surface area (Å²) in [7, 11) is 0. The van der Waals surface area contributed by atoms with Crippen LogP contribution in [0.5, 0.6) is 0 Å². The summed E-state index contributed by atoms with van der Waals surface area (Å²) in [5.74, 6) is 0.311. The van der Waals surface area contributed by atoms with Gasteiger partial charge in [-0.3, -0.25) is 14.5 Å². The van der Waals surface area contributed by atoms with Gasteiger partial charge in [0.15, 0.2) is 0 Å². The molecule has 1 aliphatic heterocycles. The summed E-state index contributed by atoms with van der Waals surface area (Å²) < 4.78 is 0. The van der Waals surface area contributed by atoms with Crippen LogP contribution in [0.1, 0.15) is 70.4 Å². The van der Waals surface area contributed by atoms with E-state index in [1.165, 1.54) is 16.7 Å². The number of pyridine rings is 1. The average Bonchev–Trinajstić information content (AvgIpc) is 2.85. The second-order valence-electron chi connectivity index (χ2n) is 9.30. The van der Waals surface area contributed by atoms with Crippen molar-refractivity contribution in [1.82, 2.24) is 15.2 Å². The van der Waals surface area contributed by atoms with Crippen molar-refractivity contribution in [3.8, 4) is 0 Å². The third-order valence-corrected chi connectivity index (χ3v) is 7.14. The second-order valence-corrected chi connectivity index (χ2v) is 9.30. The first-order valence-corrected chi connectivity index (χ1v) is 12.1. The Kier molecular flexibility index (Phi) is 6.40. The molecule has 33 heavy (non-hydrogen) atoms. The number of hydrogen-bond donors (Lipinski definition) is 2. The molecule has 1 atom stereocenters. The number of hydrogen-bond acceptors (Lipinski definition) is 3. The van der Waals surface area contributed by atoms with E-state index >= 15 is 0 Å². The zero-order valence-corrected chi connectivity index (χ0v) is 18.9. The van der Waals surface area contributed by atoms with Crippen molar-refractivity contribution in [1.29, 1.82) is 0 Å². The molecule has 0 spiro atoms. The van der Waals surface area contributed by atoms with Gasteiger partial charge >= 0.3 is 0 Å². The van der Waals surface area contributed by atoms with Crippen molar-refractivity contribution in [3.05, 3.63) is 105 Å². The van der Waals surface area contributed by atoms with Crippen molar-refractivity contribution >= 4 is 5.91 Å². The highest BCUT2D eigenvalue weighted by atomic mass is 16.2. The van der Waals surface area contributed by atoms with Crippen LogP contribution in [-0.4, -0.2) is 28.9 Å². The Morgan fingerprint density at radius 1 is 0.939 bits per heavy atom. The molecule has 2 aliphatic rings. The molecule has 1 fully saturated rings. The molecule has 1 unspecified atom stereocenters. The minimum atomic E-state index is -0.312. The Morgan fingerprint density at radius 3 is 2.48 bits per heavy atom. The van der Waals surface area contributed by atoms with Gasteiger partial charge in [0, 0.05) is 12.2 Å². The summed E-state index contributed by atoms with van der Waals surface area (Å²) >= 11 is 0. The minimum Gasteiger partial charge on any atom is -0.345 e. The van der Waals surface area contributed by atoms with Crippen LogP contribution in [0.2, 0.25) is 0 Å². The third kappa shape index (κ3) is 4.93. The highest BCUT2D eigenvalue weighted by molar-refractivity contribution is 5.94. The quantitative estimate of drug-likeness (QED) is 0.610. The van der Waals surface area contributed by atoms with E-state index < -0.39 is 0 Å². The summed E-state index contributed by atoms with van der Waals surface area (Å²) in [6.45, 7) is 2.71. The Bertz CT molecular complexity index is 1160. The van der Waals surface area contributed by atoms with Crippen LogP contribution in [-0.2, 0) is 13.0 Å². The van der Waals surface area contributed by atoms with E-state index in [-0.39, 0.29) is 23.1 Å². The normalized spacial score (nSPS) is 19.1. The first-order valence-electron chi connectivity index (χ1n) is 12.1. The van der Waals surface area contributed by atoms with E-state index in [9.17, 15) is 9.59 Å². The number of benzene rings is 2. The van der Waals surface area contributed by atoms with Crippen molar-refractivity contribution in [2.75, 3.05) is 13.1 Å². The molecule has 1 amide bonds. The maximum absolute atomic E-state index is 12.9. The Morgan fingerprint density at radius 2 is 1.70 bits per heavy atom. The Hall–Kier alpha value is -3.18. The molecule has 2 N–H and O–H groups in total. The SMILES string of the molecule is O=C(NC1CCCc2ccccc21)c1ccc(CN2CCC(c3ccccc3)CC2)[nH]c1=O. The number of amides is 1. The van der Waals surface area contributed by atoms with Gasteiger partial charge in [0.05, 0.1) is 6.04 Å². The van der Waals surface area contributed by atoms with Crippen LogP contribution in [0.15, 0.2) is 71.5 Å². The fourth-order valence-corrected chi connectivity index (χ4v) is 5.32. The maximum Gasteiger partial charge on any atom is 0.261 e. The van der Waals surface area contributed by atoms with Crippen LogP contribution in [0.4, 0.5) is 0 Å². The number of piperidine rings is 1. The highest BCUT2D eigenvalue weighted by Gasteiger charge is 2.24. The van der Waals surface area contributed by atoms with Gasteiger partial charge in [-0.2, -0.15) is 0 Å². The van der Waals surface area contributed by atoms with Gasteiger partial charge in [0.25, 0.3) is 11.5 Å². The number of fused-ring (bicyclic) bond motifs is 1. The van der Waals surface area contributed by atoms with Gasteiger partial charge < -0.3 is 10.3 Å². The largest absolute Gasteiger partial charge is 0.345 e. The number of rotatable bonds is 5. The lowest BCUT2D eigenvalue weighted by Crippen LogP contribution is -2.35. The summed E-state index contributed by atoms with van der Waals surface area (Å²) in [4.78, 5) is 30.9. The third-order valence-electron chi connectivity index (χ3n) is 7.14. The summed E-state index contributed by atoms with van der Waals surface area (Å²) in [5.41, 5.74) is 4.61. The van der Waals surface area contributed by atoms with Crippen LogP contribution < -0.4 is 10.9 Å². The Labute approximate surface area is 194 Å². The molecular weight excluding hydrogens is 410 g/mol. The fraction of sp³-hybridized carbons (Fsp3) is 0.357. The van der Waals surface area contributed by atoms with Gasteiger partial charge in [-0.05, 0) is 79.9 Å². The molecule has 1 aliphatic carbocycles. The second kappa shape index (κ2) is 9.75. The summed E-state index contributed by atoms with van der Waals surface area (Å²) in [5, 5.41) is 3.08. The number of nitrogens with zero attached hydrogens (tertiary/aromatic N) is 1. The molecule has 170 valence electrons. The lowest BCUT2D eigenvalue weighted by Gasteiger charge is -2.32. The van der Waals surface area contributed by atoms with Gasteiger partial charge in [-0.1, -0.05) is 54.6 Å². The number of aryl methyl sites for hydroxylation is 1.